The maximum Gasteiger partial charge on any atom is 0.357 e. The van der Waals surface area contributed by atoms with Crippen molar-refractivity contribution >= 4 is 5.97 Å². The molecule has 1 heterocycles. The van der Waals surface area contributed by atoms with Crippen molar-refractivity contribution < 1.29 is 14.3 Å². The number of hydrogen-bond acceptors (Lipinski definition) is 3. The molecule has 0 aliphatic carbocycles. The zero-order valence-electron chi connectivity index (χ0n) is 10.4. The van der Waals surface area contributed by atoms with Crippen molar-refractivity contribution in [1.29, 1.82) is 0 Å². The molecule has 0 amide bonds. The molecule has 0 bridgehead atoms. The Bertz CT molecular complexity index is 542. The predicted octanol–water partition coefficient (Wildman–Crippen LogP) is 3.55. The first-order valence-electron chi connectivity index (χ1n) is 5.91. The minimum Gasteiger partial charge on any atom is -0.476 e. The topological polar surface area (TPSA) is 63.3 Å². The highest BCUT2D eigenvalue weighted by Crippen LogP contribution is 2.23. The van der Waals surface area contributed by atoms with Crippen molar-refractivity contribution in [2.75, 3.05) is 0 Å². The van der Waals surface area contributed by atoms with Gasteiger partial charge < -0.3 is 9.52 Å². The number of hydrogen-bond donors (Lipinski definition) is 1. The van der Waals surface area contributed by atoms with E-state index in [-0.39, 0.29) is 5.69 Å². The zero-order chi connectivity index (χ0) is 13.1. The van der Waals surface area contributed by atoms with E-state index in [4.69, 9.17) is 9.52 Å². The van der Waals surface area contributed by atoms with Crippen LogP contribution in [0.15, 0.2) is 34.9 Å². The molecule has 4 heteroatoms. The Hall–Kier alpha value is -2.10. The highest BCUT2D eigenvalue weighted by atomic mass is 16.4. The molecule has 0 aliphatic rings. The molecule has 0 saturated heterocycles. The van der Waals surface area contributed by atoms with Crippen LogP contribution in [0, 0.1) is 0 Å². The number of benzene rings is 1. The molecule has 2 rings (SSSR count). The summed E-state index contributed by atoms with van der Waals surface area (Å²) >= 11 is 0. The summed E-state index contributed by atoms with van der Waals surface area (Å²) in [5.74, 6) is -0.234. The smallest absolute Gasteiger partial charge is 0.357 e. The van der Waals surface area contributed by atoms with Crippen LogP contribution in [-0.2, 0) is 0 Å². The standard InChI is InChI=1S/C14H15NO3/c1-3-9(2)10-4-6-11(7-5-10)13-15-12(8-18-13)14(16)17/h4-9H,3H2,1-2H3,(H,16,17). The van der Waals surface area contributed by atoms with Gasteiger partial charge in [-0.25, -0.2) is 9.78 Å². The van der Waals surface area contributed by atoms with Gasteiger partial charge in [0, 0.05) is 5.56 Å². The van der Waals surface area contributed by atoms with Crippen molar-refractivity contribution in [3.63, 3.8) is 0 Å². The summed E-state index contributed by atoms with van der Waals surface area (Å²) in [7, 11) is 0. The van der Waals surface area contributed by atoms with Crippen molar-refractivity contribution in [1.82, 2.24) is 4.98 Å². The lowest BCUT2D eigenvalue weighted by molar-refractivity contribution is 0.0690. The number of nitrogens with zero attached hydrogens (tertiary/aromatic N) is 1. The van der Waals surface area contributed by atoms with Crippen LogP contribution in [0.2, 0.25) is 0 Å². The van der Waals surface area contributed by atoms with Crippen molar-refractivity contribution in [2.24, 2.45) is 0 Å². The normalized spacial score (nSPS) is 12.3. The molecule has 1 unspecified atom stereocenters. The van der Waals surface area contributed by atoms with Crippen molar-refractivity contribution in [3.05, 3.63) is 41.8 Å². The average Bonchev–Trinajstić information content (AvgIpc) is 2.88. The van der Waals surface area contributed by atoms with Crippen LogP contribution >= 0.6 is 0 Å². The second-order valence-electron chi connectivity index (χ2n) is 4.27. The molecule has 0 spiro atoms. The predicted molar refractivity (Wildman–Crippen MR) is 67.6 cm³/mol. The lowest BCUT2D eigenvalue weighted by Crippen LogP contribution is -1.95. The highest BCUT2D eigenvalue weighted by Gasteiger charge is 2.12. The first-order valence-corrected chi connectivity index (χ1v) is 5.91. The Labute approximate surface area is 105 Å². The molecule has 0 fully saturated rings. The van der Waals surface area contributed by atoms with Gasteiger partial charge in [0.05, 0.1) is 0 Å². The largest absolute Gasteiger partial charge is 0.476 e. The maximum absolute atomic E-state index is 10.7. The summed E-state index contributed by atoms with van der Waals surface area (Å²) in [5.41, 5.74) is 1.97. The van der Waals surface area contributed by atoms with E-state index < -0.39 is 5.97 Å². The summed E-state index contributed by atoms with van der Waals surface area (Å²) in [5, 5.41) is 8.77. The molecular weight excluding hydrogens is 230 g/mol. The minimum absolute atomic E-state index is 0.0731. The van der Waals surface area contributed by atoms with E-state index in [2.05, 4.69) is 18.8 Å². The number of carboxylic acid groups (broad SMARTS) is 1. The molecular formula is C14H15NO3. The molecule has 0 aliphatic heterocycles. The third-order valence-corrected chi connectivity index (χ3v) is 3.06. The van der Waals surface area contributed by atoms with Gasteiger partial charge in [0.1, 0.15) is 6.26 Å². The van der Waals surface area contributed by atoms with Gasteiger partial charge in [-0.3, -0.25) is 0 Å². The molecule has 4 nitrogen and oxygen atoms in total. The lowest BCUT2D eigenvalue weighted by Gasteiger charge is -2.08. The molecule has 18 heavy (non-hydrogen) atoms. The van der Waals surface area contributed by atoms with E-state index in [0.29, 0.717) is 11.8 Å². The Morgan fingerprint density at radius 1 is 1.39 bits per heavy atom. The molecule has 94 valence electrons. The Morgan fingerprint density at radius 2 is 2.06 bits per heavy atom. The molecule has 0 radical (unpaired) electrons. The maximum atomic E-state index is 10.7. The number of rotatable bonds is 4. The van der Waals surface area contributed by atoms with E-state index in [1.807, 2.05) is 24.3 Å². The Balaban J connectivity index is 2.25. The van der Waals surface area contributed by atoms with E-state index in [9.17, 15) is 4.79 Å². The van der Waals surface area contributed by atoms with E-state index in [1.165, 1.54) is 5.56 Å². The third kappa shape index (κ3) is 2.42. The summed E-state index contributed by atoms with van der Waals surface area (Å²) in [4.78, 5) is 14.6. The summed E-state index contributed by atoms with van der Waals surface area (Å²) in [6.07, 6.45) is 2.24. The van der Waals surface area contributed by atoms with Crippen LogP contribution in [0.3, 0.4) is 0 Å². The van der Waals surface area contributed by atoms with Gasteiger partial charge in [0.15, 0.2) is 5.69 Å². The van der Waals surface area contributed by atoms with Gasteiger partial charge in [0.2, 0.25) is 5.89 Å². The SMILES string of the molecule is CCC(C)c1ccc(-c2nc(C(=O)O)co2)cc1. The fourth-order valence-electron chi connectivity index (χ4n) is 1.69. The minimum atomic E-state index is -1.08. The first kappa shape index (κ1) is 12.4. The quantitative estimate of drug-likeness (QED) is 0.894. The van der Waals surface area contributed by atoms with Gasteiger partial charge in [0.25, 0.3) is 0 Å². The van der Waals surface area contributed by atoms with Crippen LogP contribution in [0.1, 0.15) is 42.2 Å². The Kier molecular flexibility index (Phi) is 3.46. The lowest BCUT2D eigenvalue weighted by atomic mass is 9.98. The highest BCUT2D eigenvalue weighted by molar-refractivity contribution is 5.85. The first-order chi connectivity index (χ1) is 8.61. The van der Waals surface area contributed by atoms with Crippen LogP contribution in [-0.4, -0.2) is 16.1 Å². The fraction of sp³-hybridized carbons (Fsp3) is 0.286. The van der Waals surface area contributed by atoms with Gasteiger partial charge in [-0.2, -0.15) is 0 Å². The fourth-order valence-corrected chi connectivity index (χ4v) is 1.69. The molecule has 2 aromatic rings. The summed E-state index contributed by atoms with van der Waals surface area (Å²) in [6.45, 7) is 4.31. The second kappa shape index (κ2) is 5.04. The van der Waals surface area contributed by atoms with Crippen molar-refractivity contribution in [2.45, 2.75) is 26.2 Å². The van der Waals surface area contributed by atoms with E-state index >= 15 is 0 Å². The van der Waals surface area contributed by atoms with E-state index in [1.54, 1.807) is 0 Å². The number of aromatic nitrogens is 1. The van der Waals surface area contributed by atoms with Gasteiger partial charge in [-0.15, -0.1) is 0 Å². The van der Waals surface area contributed by atoms with Gasteiger partial charge >= 0.3 is 5.97 Å². The van der Waals surface area contributed by atoms with Crippen LogP contribution in [0.5, 0.6) is 0 Å². The zero-order valence-corrected chi connectivity index (χ0v) is 10.4. The Morgan fingerprint density at radius 3 is 2.56 bits per heavy atom. The number of carbonyl (C=O) groups is 1. The summed E-state index contributed by atoms with van der Waals surface area (Å²) < 4.78 is 5.15. The van der Waals surface area contributed by atoms with Gasteiger partial charge in [-0.05, 0) is 30.0 Å². The molecule has 1 N–H and O–H groups in total. The van der Waals surface area contributed by atoms with Crippen LogP contribution < -0.4 is 0 Å². The molecule has 1 aromatic carbocycles. The second-order valence-corrected chi connectivity index (χ2v) is 4.27. The van der Waals surface area contributed by atoms with Crippen LogP contribution in [0.4, 0.5) is 0 Å². The molecule has 0 saturated carbocycles. The molecule has 1 aromatic heterocycles. The number of oxazole rings is 1. The molecule has 1 atom stereocenters. The monoisotopic (exact) mass is 245 g/mol. The van der Waals surface area contributed by atoms with Crippen LogP contribution in [0.25, 0.3) is 11.5 Å². The third-order valence-electron chi connectivity index (χ3n) is 3.06. The average molecular weight is 245 g/mol. The number of carboxylic acids is 1. The number of aromatic carboxylic acids is 1. The van der Waals surface area contributed by atoms with E-state index in [0.717, 1.165) is 18.2 Å². The van der Waals surface area contributed by atoms with Gasteiger partial charge in [-0.1, -0.05) is 26.0 Å². The summed E-state index contributed by atoms with van der Waals surface area (Å²) in [6, 6.07) is 7.85. The van der Waals surface area contributed by atoms with Crippen molar-refractivity contribution in [3.8, 4) is 11.5 Å².